The summed E-state index contributed by atoms with van der Waals surface area (Å²) < 4.78 is 0. The van der Waals surface area contributed by atoms with E-state index in [1.807, 2.05) is 0 Å². The van der Waals surface area contributed by atoms with Crippen molar-refractivity contribution in [2.45, 2.75) is 78.2 Å². The van der Waals surface area contributed by atoms with Crippen LogP contribution in [0.15, 0.2) is 0 Å². The first-order chi connectivity index (χ1) is 10.1. The molecule has 21 heavy (non-hydrogen) atoms. The van der Waals surface area contributed by atoms with Crippen molar-refractivity contribution in [1.82, 2.24) is 15.3 Å². The number of rotatable bonds is 3. The van der Waals surface area contributed by atoms with Gasteiger partial charge in [0, 0.05) is 18.2 Å². The summed E-state index contributed by atoms with van der Waals surface area (Å²) in [6.07, 6.45) is 8.50. The highest BCUT2D eigenvalue weighted by Crippen LogP contribution is 2.41. The Morgan fingerprint density at radius 1 is 1.19 bits per heavy atom. The third kappa shape index (κ3) is 3.28. The summed E-state index contributed by atoms with van der Waals surface area (Å²) in [5.74, 6) is 1.72. The highest BCUT2D eigenvalue weighted by atomic mass is 15.0. The van der Waals surface area contributed by atoms with Crippen LogP contribution in [0.5, 0.6) is 0 Å². The summed E-state index contributed by atoms with van der Waals surface area (Å²) in [5.41, 5.74) is 4.57. The molecule has 0 radical (unpaired) electrons. The van der Waals surface area contributed by atoms with Gasteiger partial charge >= 0.3 is 0 Å². The standard InChI is InChI=1S/C18H29N3/c1-4-5-15-14-8-11-19-12-16(14)21-17(20-15)13-6-9-18(2,3)10-7-13/h13,19H,4-12H2,1-3H3. The molecule has 3 rings (SSSR count). The minimum atomic E-state index is 0.512. The number of aromatic nitrogens is 2. The van der Waals surface area contributed by atoms with E-state index < -0.39 is 0 Å². The summed E-state index contributed by atoms with van der Waals surface area (Å²) in [4.78, 5) is 9.96. The lowest BCUT2D eigenvalue weighted by atomic mass is 9.73. The van der Waals surface area contributed by atoms with Crippen molar-refractivity contribution < 1.29 is 0 Å². The molecule has 3 heteroatoms. The molecule has 0 atom stereocenters. The summed E-state index contributed by atoms with van der Waals surface area (Å²) in [6, 6.07) is 0. The maximum atomic E-state index is 5.01. The largest absolute Gasteiger partial charge is 0.311 e. The van der Waals surface area contributed by atoms with E-state index in [0.717, 1.165) is 31.8 Å². The number of aryl methyl sites for hydroxylation is 1. The summed E-state index contributed by atoms with van der Waals surface area (Å²) in [6.45, 7) is 9.04. The normalized spacial score (nSPS) is 22.0. The monoisotopic (exact) mass is 287 g/mol. The van der Waals surface area contributed by atoms with E-state index in [1.54, 1.807) is 0 Å². The van der Waals surface area contributed by atoms with Crippen molar-refractivity contribution in [3.63, 3.8) is 0 Å². The Kier molecular flexibility index (Phi) is 4.30. The van der Waals surface area contributed by atoms with Gasteiger partial charge in [-0.1, -0.05) is 27.2 Å². The minimum Gasteiger partial charge on any atom is -0.311 e. The molecular weight excluding hydrogens is 258 g/mol. The fourth-order valence-corrected chi connectivity index (χ4v) is 3.74. The molecule has 0 amide bonds. The van der Waals surface area contributed by atoms with Gasteiger partial charge in [0.05, 0.1) is 5.69 Å². The van der Waals surface area contributed by atoms with Crippen molar-refractivity contribution >= 4 is 0 Å². The molecule has 0 saturated heterocycles. The van der Waals surface area contributed by atoms with E-state index in [4.69, 9.17) is 9.97 Å². The van der Waals surface area contributed by atoms with Gasteiger partial charge in [-0.05, 0) is 56.0 Å². The molecule has 0 spiro atoms. The molecule has 1 fully saturated rings. The van der Waals surface area contributed by atoms with Gasteiger partial charge in [0.25, 0.3) is 0 Å². The van der Waals surface area contributed by atoms with Crippen LogP contribution in [-0.2, 0) is 19.4 Å². The van der Waals surface area contributed by atoms with Gasteiger partial charge in [-0.25, -0.2) is 9.97 Å². The Balaban J connectivity index is 1.87. The molecule has 1 saturated carbocycles. The Labute approximate surface area is 129 Å². The van der Waals surface area contributed by atoms with Crippen LogP contribution in [0.2, 0.25) is 0 Å². The van der Waals surface area contributed by atoms with Crippen molar-refractivity contribution in [1.29, 1.82) is 0 Å². The third-order valence-corrected chi connectivity index (χ3v) is 5.23. The summed E-state index contributed by atoms with van der Waals surface area (Å²) in [7, 11) is 0. The quantitative estimate of drug-likeness (QED) is 0.920. The second-order valence-corrected chi connectivity index (χ2v) is 7.57. The van der Waals surface area contributed by atoms with E-state index in [0.29, 0.717) is 11.3 Å². The van der Waals surface area contributed by atoms with E-state index in [1.165, 1.54) is 49.1 Å². The van der Waals surface area contributed by atoms with E-state index >= 15 is 0 Å². The average Bonchev–Trinajstić information content (AvgIpc) is 2.47. The molecule has 1 aromatic rings. The maximum absolute atomic E-state index is 5.01. The predicted octanol–water partition coefficient (Wildman–Crippen LogP) is 3.76. The lowest BCUT2D eigenvalue weighted by molar-refractivity contribution is 0.220. The molecule has 0 unspecified atom stereocenters. The van der Waals surface area contributed by atoms with Gasteiger partial charge in [0.1, 0.15) is 5.82 Å². The van der Waals surface area contributed by atoms with Crippen LogP contribution in [0.4, 0.5) is 0 Å². The average molecular weight is 287 g/mol. The molecule has 1 aliphatic heterocycles. The fraction of sp³-hybridized carbons (Fsp3) is 0.778. The number of hydrogen-bond donors (Lipinski definition) is 1. The minimum absolute atomic E-state index is 0.512. The molecule has 1 aliphatic carbocycles. The highest BCUT2D eigenvalue weighted by Gasteiger charge is 2.30. The SMILES string of the molecule is CCCc1nc(C2CCC(C)(C)CC2)nc2c1CCNC2. The maximum Gasteiger partial charge on any atom is 0.132 e. The smallest absolute Gasteiger partial charge is 0.132 e. The van der Waals surface area contributed by atoms with Crippen LogP contribution in [0.3, 0.4) is 0 Å². The second kappa shape index (κ2) is 6.04. The zero-order chi connectivity index (χ0) is 14.9. The number of fused-ring (bicyclic) bond motifs is 1. The first-order valence-electron chi connectivity index (χ1n) is 8.68. The van der Waals surface area contributed by atoms with Gasteiger partial charge in [-0.15, -0.1) is 0 Å². The molecule has 1 N–H and O–H groups in total. The van der Waals surface area contributed by atoms with Crippen LogP contribution >= 0.6 is 0 Å². The van der Waals surface area contributed by atoms with E-state index in [2.05, 4.69) is 26.1 Å². The fourth-order valence-electron chi connectivity index (χ4n) is 3.74. The summed E-state index contributed by atoms with van der Waals surface area (Å²) >= 11 is 0. The van der Waals surface area contributed by atoms with Gasteiger partial charge < -0.3 is 5.32 Å². The van der Waals surface area contributed by atoms with Crippen LogP contribution in [-0.4, -0.2) is 16.5 Å². The predicted molar refractivity (Wildman–Crippen MR) is 86.4 cm³/mol. The molecule has 0 bridgehead atoms. The number of nitrogens with zero attached hydrogens (tertiary/aromatic N) is 2. The molecule has 1 aromatic heterocycles. The van der Waals surface area contributed by atoms with Crippen LogP contribution in [0.1, 0.15) is 81.6 Å². The van der Waals surface area contributed by atoms with Gasteiger partial charge in [0.2, 0.25) is 0 Å². The molecule has 0 aromatic carbocycles. The van der Waals surface area contributed by atoms with E-state index in [-0.39, 0.29) is 0 Å². The Morgan fingerprint density at radius 2 is 1.95 bits per heavy atom. The lowest BCUT2D eigenvalue weighted by Crippen LogP contribution is -2.28. The molecule has 2 aliphatic rings. The Morgan fingerprint density at radius 3 is 2.67 bits per heavy atom. The number of nitrogens with one attached hydrogen (secondary N) is 1. The van der Waals surface area contributed by atoms with Crippen LogP contribution in [0, 0.1) is 5.41 Å². The van der Waals surface area contributed by atoms with Crippen molar-refractivity contribution in [3.05, 3.63) is 22.8 Å². The Hall–Kier alpha value is -0.960. The first kappa shape index (κ1) is 15.0. The second-order valence-electron chi connectivity index (χ2n) is 7.57. The third-order valence-electron chi connectivity index (χ3n) is 5.23. The van der Waals surface area contributed by atoms with Crippen LogP contribution in [0.25, 0.3) is 0 Å². The van der Waals surface area contributed by atoms with Crippen LogP contribution < -0.4 is 5.32 Å². The van der Waals surface area contributed by atoms with Crippen molar-refractivity contribution in [2.75, 3.05) is 6.54 Å². The molecule has 3 nitrogen and oxygen atoms in total. The Bertz CT molecular complexity index is 497. The van der Waals surface area contributed by atoms with Gasteiger partial charge in [-0.3, -0.25) is 0 Å². The topological polar surface area (TPSA) is 37.8 Å². The van der Waals surface area contributed by atoms with Crippen molar-refractivity contribution in [3.8, 4) is 0 Å². The van der Waals surface area contributed by atoms with Gasteiger partial charge in [-0.2, -0.15) is 0 Å². The zero-order valence-corrected chi connectivity index (χ0v) is 13.8. The summed E-state index contributed by atoms with van der Waals surface area (Å²) in [5, 5.41) is 3.46. The first-order valence-corrected chi connectivity index (χ1v) is 8.68. The molecule has 116 valence electrons. The van der Waals surface area contributed by atoms with E-state index in [9.17, 15) is 0 Å². The molecule has 2 heterocycles. The van der Waals surface area contributed by atoms with Gasteiger partial charge in [0.15, 0.2) is 0 Å². The van der Waals surface area contributed by atoms with Crippen molar-refractivity contribution in [2.24, 2.45) is 5.41 Å². The zero-order valence-electron chi connectivity index (χ0n) is 13.8. The highest BCUT2D eigenvalue weighted by molar-refractivity contribution is 5.29. The lowest BCUT2D eigenvalue weighted by Gasteiger charge is -2.34. The number of hydrogen-bond acceptors (Lipinski definition) is 3. The molecular formula is C18H29N3.